The number of hydrogen-bond donors (Lipinski definition) is 0. The lowest BCUT2D eigenvalue weighted by Crippen LogP contribution is -2.40. The van der Waals surface area contributed by atoms with Crippen molar-refractivity contribution in [3.63, 3.8) is 0 Å². The summed E-state index contributed by atoms with van der Waals surface area (Å²) in [6, 6.07) is 9.56. The molecule has 0 radical (unpaired) electrons. The molecule has 0 aliphatic carbocycles. The monoisotopic (exact) mass is 503 g/mol. The number of aromatic nitrogens is 1. The Morgan fingerprint density at radius 2 is 1.91 bits per heavy atom. The number of carbonyl (C=O) groups is 1. The minimum atomic E-state index is -3.84. The van der Waals surface area contributed by atoms with Crippen LogP contribution in [0.5, 0.6) is 5.75 Å². The Morgan fingerprint density at radius 1 is 1.18 bits per heavy atom. The van der Waals surface area contributed by atoms with Gasteiger partial charge in [-0.25, -0.2) is 8.42 Å². The number of benzene rings is 2. The summed E-state index contributed by atoms with van der Waals surface area (Å²) in [6.45, 7) is 5.38. The van der Waals surface area contributed by atoms with Crippen LogP contribution < -0.4 is 9.54 Å². The van der Waals surface area contributed by atoms with E-state index < -0.39 is 22.0 Å². The Kier molecular flexibility index (Phi) is 7.22. The summed E-state index contributed by atoms with van der Waals surface area (Å²) >= 11 is 1.44. The molecule has 1 aromatic heterocycles. The number of fused-ring (bicyclic) bond motifs is 1. The van der Waals surface area contributed by atoms with Crippen LogP contribution in [0.4, 0.5) is 0 Å². The maximum Gasteiger partial charge on any atom is 0.266 e. The summed E-state index contributed by atoms with van der Waals surface area (Å²) in [7, 11) is -0.681. The van der Waals surface area contributed by atoms with E-state index in [-0.39, 0.29) is 11.4 Å². The zero-order valence-electron chi connectivity index (χ0n) is 19.8. The third-order valence-corrected chi connectivity index (χ3v) is 9.15. The molecule has 0 saturated carbocycles. The molecule has 4 rings (SSSR count). The van der Waals surface area contributed by atoms with Crippen LogP contribution >= 0.6 is 11.3 Å². The highest BCUT2D eigenvalue weighted by Crippen LogP contribution is 2.28. The zero-order valence-corrected chi connectivity index (χ0v) is 21.4. The molecule has 1 aliphatic rings. The van der Waals surface area contributed by atoms with Crippen LogP contribution in [0, 0.1) is 13.8 Å². The van der Waals surface area contributed by atoms with Crippen molar-refractivity contribution in [2.45, 2.75) is 44.2 Å². The number of thiazole rings is 1. The van der Waals surface area contributed by atoms with Gasteiger partial charge in [-0.1, -0.05) is 17.4 Å². The predicted octanol–water partition coefficient (Wildman–Crippen LogP) is 3.26. The Morgan fingerprint density at radius 3 is 2.59 bits per heavy atom. The number of nitrogens with zero attached hydrogens (tertiary/aromatic N) is 3. The van der Waals surface area contributed by atoms with E-state index in [0.29, 0.717) is 36.5 Å². The van der Waals surface area contributed by atoms with Gasteiger partial charge in [0.2, 0.25) is 10.0 Å². The van der Waals surface area contributed by atoms with Gasteiger partial charge in [0.1, 0.15) is 11.8 Å². The normalized spacial score (nSPS) is 17.5. The van der Waals surface area contributed by atoms with E-state index in [1.165, 1.54) is 34.9 Å². The van der Waals surface area contributed by atoms with Gasteiger partial charge < -0.3 is 14.0 Å². The fourth-order valence-corrected chi connectivity index (χ4v) is 7.09. The maximum atomic E-state index is 13.3. The summed E-state index contributed by atoms with van der Waals surface area (Å²) in [4.78, 5) is 18.5. The van der Waals surface area contributed by atoms with Gasteiger partial charge in [0.05, 0.1) is 28.8 Å². The third kappa shape index (κ3) is 4.68. The number of aryl methyl sites for hydroxylation is 2. The van der Waals surface area contributed by atoms with Gasteiger partial charge >= 0.3 is 0 Å². The van der Waals surface area contributed by atoms with E-state index in [1.807, 2.05) is 18.4 Å². The standard InChI is InChI=1S/C24H29N3O5S2/c1-16-14-17(2)22-21(15-16)26(12-13-31-3)24(33-22)25-23(28)20-6-5-11-27(20)34(29,30)19-9-7-18(32-4)8-10-19/h7-10,14-15,20H,5-6,11-13H2,1-4H3. The molecule has 2 heterocycles. The Hall–Kier alpha value is -2.53. The highest BCUT2D eigenvalue weighted by Gasteiger charge is 2.39. The predicted molar refractivity (Wildman–Crippen MR) is 132 cm³/mol. The van der Waals surface area contributed by atoms with Crippen molar-refractivity contribution in [3.8, 4) is 5.75 Å². The van der Waals surface area contributed by atoms with Gasteiger partial charge in [0.25, 0.3) is 5.91 Å². The first-order chi connectivity index (χ1) is 16.3. The van der Waals surface area contributed by atoms with Crippen LogP contribution in [0.15, 0.2) is 46.3 Å². The van der Waals surface area contributed by atoms with Crippen molar-refractivity contribution in [2.24, 2.45) is 4.99 Å². The second-order valence-electron chi connectivity index (χ2n) is 8.36. The van der Waals surface area contributed by atoms with Gasteiger partial charge in [0, 0.05) is 20.2 Å². The molecule has 0 bridgehead atoms. The van der Waals surface area contributed by atoms with E-state index in [1.54, 1.807) is 19.2 Å². The number of rotatable bonds is 7. The van der Waals surface area contributed by atoms with Gasteiger partial charge in [0.15, 0.2) is 4.80 Å². The number of methoxy groups -OCH3 is 2. The molecule has 3 aromatic rings. The Labute approximate surface area is 203 Å². The average molecular weight is 504 g/mol. The third-order valence-electron chi connectivity index (χ3n) is 5.99. The van der Waals surface area contributed by atoms with Crippen molar-refractivity contribution >= 4 is 37.5 Å². The number of hydrogen-bond acceptors (Lipinski definition) is 6. The van der Waals surface area contributed by atoms with Crippen LogP contribution in [0.25, 0.3) is 10.2 Å². The van der Waals surface area contributed by atoms with Crippen LogP contribution in [0.1, 0.15) is 24.0 Å². The van der Waals surface area contributed by atoms with Crippen molar-refractivity contribution in [1.82, 2.24) is 8.87 Å². The minimum Gasteiger partial charge on any atom is -0.497 e. The van der Waals surface area contributed by atoms with Gasteiger partial charge in [-0.15, -0.1) is 0 Å². The van der Waals surface area contributed by atoms with E-state index in [2.05, 4.69) is 17.1 Å². The first-order valence-electron chi connectivity index (χ1n) is 11.1. The lowest BCUT2D eigenvalue weighted by Gasteiger charge is -2.21. The number of amides is 1. The largest absolute Gasteiger partial charge is 0.497 e. The highest BCUT2D eigenvalue weighted by molar-refractivity contribution is 7.89. The SMILES string of the molecule is COCCn1c(=NC(=O)C2CCCN2S(=O)(=O)c2ccc(OC)cc2)sc2c(C)cc(C)cc21. The van der Waals surface area contributed by atoms with Crippen LogP contribution in [0.2, 0.25) is 0 Å². The summed E-state index contributed by atoms with van der Waals surface area (Å²) in [6.07, 6.45) is 1.05. The molecule has 34 heavy (non-hydrogen) atoms. The van der Waals surface area contributed by atoms with Gasteiger partial charge in [-0.05, 0) is 68.1 Å². The van der Waals surface area contributed by atoms with E-state index in [4.69, 9.17) is 9.47 Å². The molecular weight excluding hydrogens is 474 g/mol. The van der Waals surface area contributed by atoms with Crippen molar-refractivity contribution in [2.75, 3.05) is 27.4 Å². The molecule has 1 saturated heterocycles. The first-order valence-corrected chi connectivity index (χ1v) is 13.4. The molecular formula is C24H29N3O5S2. The summed E-state index contributed by atoms with van der Waals surface area (Å²) in [5.74, 6) is 0.126. The fourth-order valence-electron chi connectivity index (χ4n) is 4.32. The van der Waals surface area contributed by atoms with Crippen LogP contribution in [0.3, 0.4) is 0 Å². The average Bonchev–Trinajstić information content (AvgIpc) is 3.44. The molecule has 2 aromatic carbocycles. The van der Waals surface area contributed by atoms with E-state index in [0.717, 1.165) is 21.3 Å². The second-order valence-corrected chi connectivity index (χ2v) is 11.2. The number of ether oxygens (including phenoxy) is 2. The minimum absolute atomic E-state index is 0.135. The lowest BCUT2D eigenvalue weighted by atomic mass is 10.1. The molecule has 1 atom stereocenters. The fraction of sp³-hybridized carbons (Fsp3) is 0.417. The topological polar surface area (TPSA) is 90.2 Å². The van der Waals surface area contributed by atoms with Gasteiger partial charge in [-0.2, -0.15) is 9.30 Å². The van der Waals surface area contributed by atoms with E-state index in [9.17, 15) is 13.2 Å². The van der Waals surface area contributed by atoms with Crippen molar-refractivity contribution in [1.29, 1.82) is 0 Å². The van der Waals surface area contributed by atoms with Crippen molar-refractivity contribution < 1.29 is 22.7 Å². The van der Waals surface area contributed by atoms with E-state index >= 15 is 0 Å². The molecule has 182 valence electrons. The Balaban J connectivity index is 1.72. The summed E-state index contributed by atoms with van der Waals surface area (Å²) in [5, 5.41) is 0. The lowest BCUT2D eigenvalue weighted by molar-refractivity contribution is -0.121. The molecule has 1 amide bonds. The quantitative estimate of drug-likeness (QED) is 0.494. The Bertz CT molecular complexity index is 1370. The first kappa shape index (κ1) is 24.6. The van der Waals surface area contributed by atoms with Crippen LogP contribution in [-0.4, -0.2) is 56.6 Å². The highest BCUT2D eigenvalue weighted by atomic mass is 32.2. The van der Waals surface area contributed by atoms with Crippen molar-refractivity contribution in [3.05, 3.63) is 52.3 Å². The second kappa shape index (κ2) is 9.99. The summed E-state index contributed by atoms with van der Waals surface area (Å²) in [5.41, 5.74) is 3.24. The smallest absolute Gasteiger partial charge is 0.266 e. The maximum absolute atomic E-state index is 13.3. The number of sulfonamides is 1. The molecule has 1 unspecified atom stereocenters. The molecule has 0 N–H and O–H groups in total. The molecule has 1 fully saturated rings. The molecule has 1 aliphatic heterocycles. The van der Waals surface area contributed by atoms with Gasteiger partial charge in [-0.3, -0.25) is 4.79 Å². The summed E-state index contributed by atoms with van der Waals surface area (Å²) < 4.78 is 41.3. The molecule has 8 nitrogen and oxygen atoms in total. The molecule has 0 spiro atoms. The number of carbonyl (C=O) groups excluding carboxylic acids is 1. The molecule has 10 heteroatoms. The zero-order chi connectivity index (χ0) is 24.5. The van der Waals surface area contributed by atoms with Crippen LogP contribution in [-0.2, 0) is 26.1 Å².